The highest BCUT2D eigenvalue weighted by atomic mass is 79.9. The van der Waals surface area contributed by atoms with E-state index in [-0.39, 0.29) is 5.75 Å². The molecule has 1 aromatic carbocycles. The van der Waals surface area contributed by atoms with Crippen LogP contribution < -0.4 is 4.74 Å². The highest BCUT2D eigenvalue weighted by Gasteiger charge is 2.73. The third-order valence-corrected chi connectivity index (χ3v) is 2.58. The minimum atomic E-state index is -6.35. The molecule has 0 atom stereocenters. The fourth-order valence-corrected chi connectivity index (χ4v) is 1.27. The van der Waals surface area contributed by atoms with Crippen molar-refractivity contribution in [3.63, 3.8) is 0 Å². The molecule has 0 unspecified atom stereocenters. The second-order valence-corrected chi connectivity index (χ2v) is 4.43. The van der Waals surface area contributed by atoms with Gasteiger partial charge >= 0.3 is 18.0 Å². The Hall–Kier alpha value is -0.990. The van der Waals surface area contributed by atoms with Crippen molar-refractivity contribution in [3.05, 3.63) is 28.7 Å². The molecule has 0 aliphatic heterocycles. The number of benzene rings is 1. The second-order valence-electron chi connectivity index (χ2n) is 3.52. The maximum atomic E-state index is 12.9. The first kappa shape index (κ1) is 16.1. The molecular weight excluding hydrogens is 349 g/mol. The van der Waals surface area contributed by atoms with Gasteiger partial charge in [-0.1, -0.05) is 15.9 Å². The average Bonchev–Trinajstić information content (AvgIpc) is 2.26. The molecule has 0 bridgehead atoms. The van der Waals surface area contributed by atoms with Crippen LogP contribution >= 0.6 is 15.9 Å². The Labute approximate surface area is 111 Å². The van der Waals surface area contributed by atoms with Crippen LogP contribution in [-0.2, 0) is 0 Å². The Morgan fingerprint density at radius 2 is 1.37 bits per heavy atom. The molecule has 0 amide bonds. The van der Waals surface area contributed by atoms with E-state index in [2.05, 4.69) is 20.7 Å². The number of hydrogen-bond donors (Lipinski definition) is 0. The predicted octanol–water partition coefficient (Wildman–Crippen LogP) is 4.66. The number of ether oxygens (including phenoxy) is 1. The fourth-order valence-electron chi connectivity index (χ4n) is 1.00. The minimum absolute atomic E-state index is 0.249. The monoisotopic (exact) mass is 354 g/mol. The van der Waals surface area contributed by atoms with Crippen LogP contribution in [0.25, 0.3) is 0 Å². The first-order valence-electron chi connectivity index (χ1n) is 4.68. The normalized spacial score (nSPS) is 13.5. The van der Waals surface area contributed by atoms with Gasteiger partial charge in [-0.25, -0.2) is 0 Å². The Morgan fingerprint density at radius 1 is 0.895 bits per heavy atom. The molecule has 0 spiro atoms. The smallest absolute Gasteiger partial charge is 0.460 e. The van der Waals surface area contributed by atoms with Crippen LogP contribution in [0, 0.1) is 0 Å². The molecule has 0 heterocycles. The Balaban J connectivity index is 2.78. The molecule has 0 radical (unpaired) electrons. The van der Waals surface area contributed by atoms with Gasteiger partial charge in [0.15, 0.2) is 6.61 Å². The standard InChI is InChI=1S/C10H6BrF7O/c11-6-1-3-7(4-2-6)19-5-8(12,13)9(14,15)10(16,17)18/h1-4H,5H2. The van der Waals surface area contributed by atoms with Gasteiger partial charge in [0.05, 0.1) is 0 Å². The lowest BCUT2D eigenvalue weighted by Crippen LogP contribution is -2.54. The van der Waals surface area contributed by atoms with E-state index in [1.54, 1.807) is 0 Å². The fraction of sp³-hybridized carbons (Fsp3) is 0.400. The first-order valence-corrected chi connectivity index (χ1v) is 5.47. The molecule has 1 aromatic rings. The molecule has 0 N–H and O–H groups in total. The summed E-state index contributed by atoms with van der Waals surface area (Å²) in [5.41, 5.74) is 0. The summed E-state index contributed by atoms with van der Waals surface area (Å²) in [5, 5.41) is 0. The van der Waals surface area contributed by atoms with Gasteiger partial charge in [-0.2, -0.15) is 30.7 Å². The van der Waals surface area contributed by atoms with Crippen LogP contribution in [0.2, 0.25) is 0 Å². The van der Waals surface area contributed by atoms with Crippen LogP contribution in [-0.4, -0.2) is 24.6 Å². The Bertz CT molecular complexity index is 426. The molecule has 0 saturated heterocycles. The largest absolute Gasteiger partial charge is 0.487 e. The summed E-state index contributed by atoms with van der Waals surface area (Å²) >= 11 is 3.02. The zero-order valence-corrected chi connectivity index (χ0v) is 10.5. The van der Waals surface area contributed by atoms with Gasteiger partial charge in [0.25, 0.3) is 0 Å². The summed E-state index contributed by atoms with van der Waals surface area (Å²) in [6.07, 6.45) is -6.35. The summed E-state index contributed by atoms with van der Waals surface area (Å²) in [6, 6.07) is 5.00. The van der Waals surface area contributed by atoms with Crippen LogP contribution in [0.3, 0.4) is 0 Å². The summed E-state index contributed by atoms with van der Waals surface area (Å²) in [7, 11) is 0. The van der Waals surface area contributed by atoms with Gasteiger partial charge in [0.2, 0.25) is 0 Å². The number of rotatable bonds is 4. The van der Waals surface area contributed by atoms with E-state index in [1.807, 2.05) is 0 Å². The minimum Gasteiger partial charge on any atom is -0.487 e. The van der Waals surface area contributed by atoms with Crippen molar-refractivity contribution in [2.75, 3.05) is 6.61 Å². The average molecular weight is 355 g/mol. The van der Waals surface area contributed by atoms with E-state index in [9.17, 15) is 30.7 Å². The predicted molar refractivity (Wildman–Crippen MR) is 55.6 cm³/mol. The lowest BCUT2D eigenvalue weighted by atomic mass is 10.2. The van der Waals surface area contributed by atoms with E-state index in [0.717, 1.165) is 12.1 Å². The molecule has 1 nitrogen and oxygen atoms in total. The van der Waals surface area contributed by atoms with Crippen LogP contribution in [0.5, 0.6) is 5.75 Å². The van der Waals surface area contributed by atoms with Crippen molar-refractivity contribution < 1.29 is 35.5 Å². The van der Waals surface area contributed by atoms with E-state index >= 15 is 0 Å². The molecule has 0 saturated carbocycles. The van der Waals surface area contributed by atoms with Crippen molar-refractivity contribution in [1.29, 1.82) is 0 Å². The van der Waals surface area contributed by atoms with Gasteiger partial charge < -0.3 is 4.74 Å². The molecule has 0 fully saturated rings. The van der Waals surface area contributed by atoms with Gasteiger partial charge in [-0.15, -0.1) is 0 Å². The SMILES string of the molecule is FC(F)(F)C(F)(F)C(F)(F)COc1ccc(Br)cc1. The molecule has 1 rings (SSSR count). The van der Waals surface area contributed by atoms with E-state index in [0.29, 0.717) is 4.47 Å². The molecule has 0 aromatic heterocycles. The highest BCUT2D eigenvalue weighted by Crippen LogP contribution is 2.46. The zero-order chi connectivity index (χ0) is 14.9. The summed E-state index contributed by atoms with van der Waals surface area (Å²) in [6.45, 7) is -2.08. The summed E-state index contributed by atoms with van der Waals surface area (Å²) in [5.74, 6) is -11.8. The Kier molecular flexibility index (Phi) is 4.38. The van der Waals surface area contributed by atoms with Crippen molar-refractivity contribution in [2.45, 2.75) is 18.0 Å². The lowest BCUT2D eigenvalue weighted by molar-refractivity contribution is -0.358. The van der Waals surface area contributed by atoms with Crippen molar-refractivity contribution in [1.82, 2.24) is 0 Å². The van der Waals surface area contributed by atoms with Gasteiger partial charge in [-0.3, -0.25) is 0 Å². The highest BCUT2D eigenvalue weighted by molar-refractivity contribution is 9.10. The molecule has 9 heteroatoms. The van der Waals surface area contributed by atoms with E-state index in [4.69, 9.17) is 0 Å². The summed E-state index contributed by atoms with van der Waals surface area (Å²) < 4.78 is 91.0. The number of alkyl halides is 7. The molecular formula is C10H6BrF7O. The van der Waals surface area contributed by atoms with Crippen molar-refractivity contribution in [2.24, 2.45) is 0 Å². The van der Waals surface area contributed by atoms with Crippen LogP contribution in [0.15, 0.2) is 28.7 Å². The third-order valence-electron chi connectivity index (χ3n) is 2.05. The van der Waals surface area contributed by atoms with Gasteiger partial charge in [0, 0.05) is 4.47 Å². The van der Waals surface area contributed by atoms with Crippen LogP contribution in [0.1, 0.15) is 0 Å². The van der Waals surface area contributed by atoms with Crippen molar-refractivity contribution >= 4 is 15.9 Å². The van der Waals surface area contributed by atoms with Gasteiger partial charge in [0.1, 0.15) is 5.75 Å². The van der Waals surface area contributed by atoms with E-state index in [1.165, 1.54) is 12.1 Å². The summed E-state index contributed by atoms with van der Waals surface area (Å²) in [4.78, 5) is 0. The second kappa shape index (κ2) is 5.18. The quantitative estimate of drug-likeness (QED) is 0.714. The molecule has 108 valence electrons. The Morgan fingerprint density at radius 3 is 1.79 bits per heavy atom. The van der Waals surface area contributed by atoms with E-state index < -0.39 is 24.6 Å². The van der Waals surface area contributed by atoms with Crippen molar-refractivity contribution in [3.8, 4) is 5.75 Å². The van der Waals surface area contributed by atoms with Gasteiger partial charge in [-0.05, 0) is 24.3 Å². The lowest BCUT2D eigenvalue weighted by Gasteiger charge is -2.27. The maximum Gasteiger partial charge on any atom is 0.460 e. The number of hydrogen-bond acceptors (Lipinski definition) is 1. The number of halogens is 8. The topological polar surface area (TPSA) is 9.23 Å². The zero-order valence-electron chi connectivity index (χ0n) is 8.95. The molecule has 0 aliphatic carbocycles. The third kappa shape index (κ3) is 3.52. The molecule has 19 heavy (non-hydrogen) atoms. The molecule has 0 aliphatic rings. The van der Waals surface area contributed by atoms with Crippen LogP contribution in [0.4, 0.5) is 30.7 Å². The first-order chi connectivity index (χ1) is 8.47. The maximum absolute atomic E-state index is 12.9.